The average Bonchev–Trinajstić information content (AvgIpc) is 2.76. The molecule has 0 aliphatic carbocycles. The van der Waals surface area contributed by atoms with E-state index in [0.717, 1.165) is 43.2 Å². The predicted molar refractivity (Wildman–Crippen MR) is 80.2 cm³/mol. The van der Waals surface area contributed by atoms with Crippen LogP contribution in [-0.2, 0) is 11.2 Å². The van der Waals surface area contributed by atoms with Crippen LogP contribution >= 0.6 is 27.3 Å². The highest BCUT2D eigenvalue weighted by atomic mass is 79.9. The number of carbonyl (C=O) groups is 1. The molecule has 1 aliphatic rings. The van der Waals surface area contributed by atoms with Gasteiger partial charge in [-0.1, -0.05) is 13.3 Å². The fraction of sp³-hybridized carbons (Fsp3) is 0.643. The summed E-state index contributed by atoms with van der Waals surface area (Å²) in [5.41, 5.74) is -0.0660. The highest BCUT2D eigenvalue weighted by Gasteiger charge is 2.38. The molecule has 0 unspecified atom stereocenters. The number of nitrogens with one attached hydrogen (secondary N) is 1. The first-order valence-electron chi connectivity index (χ1n) is 6.64. The number of ketones is 1. The number of carbonyl (C=O) groups excluding carboxylic acids is 1. The minimum Gasteiger partial charge on any atom is -0.317 e. The highest BCUT2D eigenvalue weighted by molar-refractivity contribution is 9.10. The van der Waals surface area contributed by atoms with Gasteiger partial charge in [0.05, 0.1) is 0 Å². The summed E-state index contributed by atoms with van der Waals surface area (Å²) in [5.74, 6) is 0.439. The zero-order valence-electron chi connectivity index (χ0n) is 10.8. The van der Waals surface area contributed by atoms with Gasteiger partial charge >= 0.3 is 0 Å². The molecule has 18 heavy (non-hydrogen) atoms. The molecule has 0 spiro atoms. The van der Waals surface area contributed by atoms with Crippen molar-refractivity contribution in [3.63, 3.8) is 0 Å². The summed E-state index contributed by atoms with van der Waals surface area (Å²) in [4.78, 5) is 13.9. The molecule has 100 valence electrons. The smallest absolute Gasteiger partial charge is 0.144 e. The Labute approximate surface area is 121 Å². The SMILES string of the molecule is CCCC1(C(=O)Cc2sccc2Br)CCNCC1. The Morgan fingerprint density at radius 1 is 1.50 bits per heavy atom. The number of halogens is 1. The van der Waals surface area contributed by atoms with Crippen LogP contribution in [0.4, 0.5) is 0 Å². The van der Waals surface area contributed by atoms with Gasteiger partial charge in [0.1, 0.15) is 5.78 Å². The largest absolute Gasteiger partial charge is 0.317 e. The van der Waals surface area contributed by atoms with Gasteiger partial charge < -0.3 is 5.32 Å². The summed E-state index contributed by atoms with van der Waals surface area (Å²) >= 11 is 5.20. The first-order valence-corrected chi connectivity index (χ1v) is 8.31. The second-order valence-corrected chi connectivity index (χ2v) is 6.93. The molecule has 2 heterocycles. The molecular formula is C14H20BrNOS. The van der Waals surface area contributed by atoms with Gasteiger partial charge in [0, 0.05) is 21.2 Å². The minimum absolute atomic E-state index is 0.0660. The van der Waals surface area contributed by atoms with Gasteiger partial charge in [0.25, 0.3) is 0 Å². The number of hydrogen-bond donors (Lipinski definition) is 1. The molecule has 0 bridgehead atoms. The summed E-state index contributed by atoms with van der Waals surface area (Å²) < 4.78 is 1.08. The third-order valence-corrected chi connectivity index (χ3v) is 5.82. The number of rotatable bonds is 5. The molecule has 1 saturated heterocycles. The number of piperidine rings is 1. The first-order chi connectivity index (χ1) is 8.68. The Balaban J connectivity index is 2.11. The first kappa shape index (κ1) is 14.2. The Morgan fingerprint density at radius 2 is 2.22 bits per heavy atom. The molecule has 1 N–H and O–H groups in total. The van der Waals surface area contributed by atoms with Crippen LogP contribution in [0.25, 0.3) is 0 Å². The van der Waals surface area contributed by atoms with Gasteiger partial charge in [-0.2, -0.15) is 0 Å². The van der Waals surface area contributed by atoms with Crippen LogP contribution in [0.5, 0.6) is 0 Å². The van der Waals surface area contributed by atoms with E-state index in [1.54, 1.807) is 11.3 Å². The van der Waals surface area contributed by atoms with Crippen LogP contribution in [0.2, 0.25) is 0 Å². The summed E-state index contributed by atoms with van der Waals surface area (Å²) in [6.45, 7) is 4.15. The van der Waals surface area contributed by atoms with Crippen LogP contribution in [0.1, 0.15) is 37.5 Å². The zero-order valence-corrected chi connectivity index (χ0v) is 13.2. The number of thiophene rings is 1. The second kappa shape index (κ2) is 6.31. The summed E-state index contributed by atoms with van der Waals surface area (Å²) in [5, 5.41) is 5.41. The van der Waals surface area contributed by atoms with Gasteiger partial charge in [0.2, 0.25) is 0 Å². The van der Waals surface area contributed by atoms with Gasteiger partial charge in [0.15, 0.2) is 0 Å². The van der Waals surface area contributed by atoms with E-state index in [2.05, 4.69) is 28.2 Å². The lowest BCUT2D eigenvalue weighted by molar-refractivity contribution is -0.130. The normalized spacial score (nSPS) is 18.8. The third kappa shape index (κ3) is 3.03. The van der Waals surface area contributed by atoms with E-state index in [0.29, 0.717) is 12.2 Å². The maximum Gasteiger partial charge on any atom is 0.144 e. The van der Waals surface area contributed by atoms with E-state index >= 15 is 0 Å². The van der Waals surface area contributed by atoms with E-state index in [1.807, 2.05) is 11.4 Å². The Morgan fingerprint density at radius 3 is 2.78 bits per heavy atom. The third-order valence-electron chi connectivity index (χ3n) is 3.89. The van der Waals surface area contributed by atoms with E-state index < -0.39 is 0 Å². The molecule has 1 aromatic rings. The second-order valence-electron chi connectivity index (χ2n) is 5.07. The molecule has 2 rings (SSSR count). The van der Waals surface area contributed by atoms with Crippen LogP contribution in [0.3, 0.4) is 0 Å². The fourth-order valence-electron chi connectivity index (χ4n) is 2.84. The summed E-state index contributed by atoms with van der Waals surface area (Å²) in [7, 11) is 0. The Bertz CT molecular complexity index is 404. The molecule has 1 fully saturated rings. The van der Waals surface area contributed by atoms with Gasteiger partial charge in [-0.25, -0.2) is 0 Å². The lowest BCUT2D eigenvalue weighted by Crippen LogP contribution is -2.42. The minimum atomic E-state index is -0.0660. The number of Topliss-reactive ketones (excluding diaryl/α,β-unsaturated/α-hetero) is 1. The van der Waals surface area contributed by atoms with Crippen LogP contribution in [0, 0.1) is 5.41 Å². The van der Waals surface area contributed by atoms with E-state index in [1.165, 1.54) is 4.88 Å². The van der Waals surface area contributed by atoms with Crippen molar-refractivity contribution in [1.82, 2.24) is 5.32 Å². The lowest BCUT2D eigenvalue weighted by atomic mass is 9.71. The Hall–Kier alpha value is -0.190. The van der Waals surface area contributed by atoms with Crippen LogP contribution < -0.4 is 5.32 Å². The molecule has 0 amide bonds. The van der Waals surface area contributed by atoms with Crippen molar-refractivity contribution >= 4 is 33.0 Å². The molecule has 0 radical (unpaired) electrons. The van der Waals surface area contributed by atoms with Gasteiger partial charge in [-0.3, -0.25) is 4.79 Å². The molecule has 4 heteroatoms. The predicted octanol–water partition coefficient (Wildman–Crippen LogP) is 3.79. The van der Waals surface area contributed by atoms with Crippen molar-refractivity contribution in [2.75, 3.05) is 13.1 Å². The van der Waals surface area contributed by atoms with Crippen LogP contribution in [0.15, 0.2) is 15.9 Å². The molecule has 1 aliphatic heterocycles. The van der Waals surface area contributed by atoms with Gasteiger partial charge in [-0.15, -0.1) is 11.3 Å². The monoisotopic (exact) mass is 329 g/mol. The van der Waals surface area contributed by atoms with Crippen molar-refractivity contribution in [2.24, 2.45) is 5.41 Å². The lowest BCUT2D eigenvalue weighted by Gasteiger charge is -2.36. The maximum atomic E-state index is 12.7. The number of hydrogen-bond acceptors (Lipinski definition) is 3. The fourth-order valence-corrected chi connectivity index (χ4v) is 4.33. The molecule has 0 saturated carbocycles. The van der Waals surface area contributed by atoms with Crippen molar-refractivity contribution in [1.29, 1.82) is 0 Å². The summed E-state index contributed by atoms with van der Waals surface area (Å²) in [6, 6.07) is 2.03. The molecule has 0 atom stereocenters. The van der Waals surface area contributed by atoms with E-state index in [4.69, 9.17) is 0 Å². The van der Waals surface area contributed by atoms with Gasteiger partial charge in [-0.05, 0) is 59.7 Å². The molecule has 2 nitrogen and oxygen atoms in total. The van der Waals surface area contributed by atoms with Crippen molar-refractivity contribution in [3.05, 3.63) is 20.8 Å². The van der Waals surface area contributed by atoms with Crippen molar-refractivity contribution < 1.29 is 4.79 Å². The maximum absolute atomic E-state index is 12.7. The summed E-state index contributed by atoms with van der Waals surface area (Å²) in [6.07, 6.45) is 4.73. The quantitative estimate of drug-likeness (QED) is 0.890. The zero-order chi connectivity index (χ0) is 13.0. The van der Waals surface area contributed by atoms with Crippen molar-refractivity contribution in [2.45, 2.75) is 39.0 Å². The van der Waals surface area contributed by atoms with E-state index in [-0.39, 0.29) is 5.41 Å². The Kier molecular flexibility index (Phi) is 4.98. The topological polar surface area (TPSA) is 29.1 Å². The van der Waals surface area contributed by atoms with Crippen molar-refractivity contribution in [3.8, 4) is 0 Å². The molecule has 0 aromatic carbocycles. The van der Waals surface area contributed by atoms with E-state index in [9.17, 15) is 4.79 Å². The molecule has 1 aromatic heterocycles. The molecular weight excluding hydrogens is 310 g/mol. The standard InChI is InChI=1S/C14H20BrNOS/c1-2-4-14(5-7-16-8-6-14)13(17)10-12-11(15)3-9-18-12/h3,9,16H,2,4-8,10H2,1H3. The highest BCUT2D eigenvalue weighted by Crippen LogP contribution is 2.37. The van der Waals surface area contributed by atoms with Crippen LogP contribution in [-0.4, -0.2) is 18.9 Å². The average molecular weight is 330 g/mol.